The Hall–Kier alpha value is -3.15. The Balaban J connectivity index is 1.66. The molecule has 2 amide bonds. The van der Waals surface area contributed by atoms with Crippen molar-refractivity contribution in [1.82, 2.24) is 5.32 Å². The van der Waals surface area contributed by atoms with Gasteiger partial charge >= 0.3 is 6.09 Å². The lowest BCUT2D eigenvalue weighted by Gasteiger charge is -2.23. The van der Waals surface area contributed by atoms with Crippen LogP contribution in [0.1, 0.15) is 17.5 Å². The van der Waals surface area contributed by atoms with Gasteiger partial charge in [-0.1, -0.05) is 23.7 Å². The number of aliphatic hydroxyl groups is 1. The highest BCUT2D eigenvalue weighted by atomic mass is 35.5. The number of nitriles is 1. The Labute approximate surface area is 164 Å². The van der Waals surface area contributed by atoms with Gasteiger partial charge < -0.3 is 20.1 Å². The Kier molecular flexibility index (Phi) is 5.49. The number of alkyl carbamates (subject to hydrolysis) is 1. The average molecular weight is 404 g/mol. The standard InChI is InChI=1S/C19H15ClFN3O4/c20-14-7-12(8-15(21)9-14)11-23-18(26)28-19(27)5-6-24(17(19)25)16-4-2-1-3-13(16)10-22/h1-4,7-9,27H,5-6,11H2,(H,23,26)/t19-/m1/s1. The summed E-state index contributed by atoms with van der Waals surface area (Å²) in [5, 5.41) is 22.2. The Morgan fingerprint density at radius 1 is 1.39 bits per heavy atom. The number of rotatable bonds is 4. The summed E-state index contributed by atoms with van der Waals surface area (Å²) in [7, 11) is 0. The van der Waals surface area contributed by atoms with E-state index in [-0.39, 0.29) is 30.1 Å². The number of amides is 2. The minimum absolute atomic E-state index is 0.0702. The first-order valence-corrected chi connectivity index (χ1v) is 8.65. The van der Waals surface area contributed by atoms with Crippen LogP contribution in [-0.2, 0) is 16.1 Å². The molecule has 0 aliphatic carbocycles. The minimum Gasteiger partial charge on any atom is -0.407 e. The number of anilines is 1. The molecule has 2 N–H and O–H groups in total. The van der Waals surface area contributed by atoms with Gasteiger partial charge in [-0.15, -0.1) is 0 Å². The lowest BCUT2D eigenvalue weighted by Crippen LogP contribution is -2.46. The summed E-state index contributed by atoms with van der Waals surface area (Å²) < 4.78 is 18.2. The van der Waals surface area contributed by atoms with Crippen molar-refractivity contribution >= 4 is 29.3 Å². The molecule has 1 fully saturated rings. The highest BCUT2D eigenvalue weighted by molar-refractivity contribution is 6.30. The lowest BCUT2D eigenvalue weighted by molar-refractivity contribution is -0.175. The van der Waals surface area contributed by atoms with Crippen LogP contribution in [0.25, 0.3) is 0 Å². The quantitative estimate of drug-likeness (QED) is 0.764. The zero-order valence-electron chi connectivity index (χ0n) is 14.5. The fourth-order valence-electron chi connectivity index (χ4n) is 2.89. The van der Waals surface area contributed by atoms with Gasteiger partial charge in [0, 0.05) is 24.5 Å². The highest BCUT2D eigenvalue weighted by Gasteiger charge is 2.50. The van der Waals surface area contributed by atoms with Crippen molar-refractivity contribution in [3.05, 3.63) is 64.4 Å². The second kappa shape index (κ2) is 7.84. The molecule has 0 radical (unpaired) electrons. The van der Waals surface area contributed by atoms with Gasteiger partial charge in [-0.2, -0.15) is 5.26 Å². The van der Waals surface area contributed by atoms with Crippen molar-refractivity contribution in [2.45, 2.75) is 18.8 Å². The molecule has 0 saturated carbocycles. The summed E-state index contributed by atoms with van der Waals surface area (Å²) in [5.74, 6) is -3.76. The topological polar surface area (TPSA) is 103 Å². The van der Waals surface area contributed by atoms with Crippen LogP contribution >= 0.6 is 11.6 Å². The van der Waals surface area contributed by atoms with E-state index in [2.05, 4.69) is 5.32 Å². The number of benzene rings is 2. The van der Waals surface area contributed by atoms with Crippen molar-refractivity contribution < 1.29 is 23.8 Å². The third-order valence-electron chi connectivity index (χ3n) is 4.19. The summed E-state index contributed by atoms with van der Waals surface area (Å²) >= 11 is 5.75. The molecule has 2 aromatic rings. The Morgan fingerprint density at radius 3 is 2.86 bits per heavy atom. The van der Waals surface area contributed by atoms with E-state index in [1.165, 1.54) is 23.1 Å². The summed E-state index contributed by atoms with van der Waals surface area (Å²) in [6.45, 7) is -0.0393. The van der Waals surface area contributed by atoms with Crippen molar-refractivity contribution in [3.8, 4) is 6.07 Å². The van der Waals surface area contributed by atoms with E-state index < -0.39 is 23.6 Å². The summed E-state index contributed by atoms with van der Waals surface area (Å²) in [6, 6.07) is 12.1. The number of halogens is 2. The smallest absolute Gasteiger partial charge is 0.407 e. The first kappa shape index (κ1) is 19.6. The summed E-state index contributed by atoms with van der Waals surface area (Å²) in [6.07, 6.45) is -1.21. The molecule has 1 saturated heterocycles. The van der Waals surface area contributed by atoms with E-state index in [4.69, 9.17) is 16.3 Å². The molecule has 9 heteroatoms. The van der Waals surface area contributed by atoms with Gasteiger partial charge in [-0.05, 0) is 35.9 Å². The monoisotopic (exact) mass is 403 g/mol. The summed E-state index contributed by atoms with van der Waals surface area (Å²) in [4.78, 5) is 25.8. The predicted molar refractivity (Wildman–Crippen MR) is 97.8 cm³/mol. The number of para-hydroxylation sites is 1. The molecule has 28 heavy (non-hydrogen) atoms. The third-order valence-corrected chi connectivity index (χ3v) is 4.41. The summed E-state index contributed by atoms with van der Waals surface area (Å²) in [5.41, 5.74) is 0.966. The van der Waals surface area contributed by atoms with Crippen LogP contribution < -0.4 is 10.2 Å². The minimum atomic E-state index is -2.35. The molecule has 1 aliphatic heterocycles. The molecule has 3 rings (SSSR count). The third kappa shape index (κ3) is 4.06. The first-order chi connectivity index (χ1) is 13.3. The Morgan fingerprint density at radius 2 is 2.14 bits per heavy atom. The van der Waals surface area contributed by atoms with Crippen molar-refractivity contribution in [2.24, 2.45) is 0 Å². The van der Waals surface area contributed by atoms with E-state index in [0.29, 0.717) is 11.3 Å². The predicted octanol–water partition coefficient (Wildman–Crippen LogP) is 2.70. The van der Waals surface area contributed by atoms with E-state index in [1.54, 1.807) is 18.2 Å². The lowest BCUT2D eigenvalue weighted by atomic mass is 10.2. The molecule has 0 aromatic heterocycles. The van der Waals surface area contributed by atoms with Crippen LogP contribution in [0.2, 0.25) is 5.02 Å². The fraction of sp³-hybridized carbons (Fsp3) is 0.211. The van der Waals surface area contributed by atoms with Crippen LogP contribution in [0.5, 0.6) is 0 Å². The van der Waals surface area contributed by atoms with Crippen LogP contribution in [0.15, 0.2) is 42.5 Å². The van der Waals surface area contributed by atoms with Crippen molar-refractivity contribution in [2.75, 3.05) is 11.4 Å². The van der Waals surface area contributed by atoms with Gasteiger partial charge in [-0.3, -0.25) is 4.79 Å². The molecule has 1 aliphatic rings. The molecule has 1 atom stereocenters. The number of hydrogen-bond acceptors (Lipinski definition) is 5. The molecule has 0 bridgehead atoms. The van der Waals surface area contributed by atoms with Gasteiger partial charge in [0.05, 0.1) is 11.3 Å². The van der Waals surface area contributed by atoms with Crippen molar-refractivity contribution in [1.29, 1.82) is 5.26 Å². The maximum atomic E-state index is 13.3. The van der Waals surface area contributed by atoms with Crippen LogP contribution in [-0.4, -0.2) is 29.4 Å². The molecular weight excluding hydrogens is 389 g/mol. The fourth-order valence-corrected chi connectivity index (χ4v) is 3.13. The van der Waals surface area contributed by atoms with E-state index in [9.17, 15) is 24.3 Å². The zero-order chi connectivity index (χ0) is 20.3. The van der Waals surface area contributed by atoms with Crippen LogP contribution in [0.4, 0.5) is 14.9 Å². The van der Waals surface area contributed by atoms with Gasteiger partial charge in [0.15, 0.2) is 0 Å². The van der Waals surface area contributed by atoms with E-state index >= 15 is 0 Å². The van der Waals surface area contributed by atoms with E-state index in [1.807, 2.05) is 6.07 Å². The van der Waals surface area contributed by atoms with Crippen molar-refractivity contribution in [3.63, 3.8) is 0 Å². The van der Waals surface area contributed by atoms with Gasteiger partial charge in [-0.25, -0.2) is 9.18 Å². The normalized spacial score (nSPS) is 18.6. The Bertz CT molecular complexity index is 958. The van der Waals surface area contributed by atoms with Crippen LogP contribution in [0, 0.1) is 17.1 Å². The SMILES string of the molecule is N#Cc1ccccc1N1CC[C@@](O)(OC(=O)NCc2cc(F)cc(Cl)c2)C1=O. The number of carbonyl (C=O) groups excluding carboxylic acids is 2. The highest BCUT2D eigenvalue weighted by Crippen LogP contribution is 2.31. The number of carbonyl (C=O) groups is 2. The molecule has 144 valence electrons. The first-order valence-electron chi connectivity index (χ1n) is 8.28. The molecular formula is C19H15ClFN3O4. The number of ether oxygens (including phenoxy) is 1. The van der Waals surface area contributed by atoms with Gasteiger partial charge in [0.25, 0.3) is 11.7 Å². The molecule has 7 nitrogen and oxygen atoms in total. The van der Waals surface area contributed by atoms with Gasteiger partial charge in [0.1, 0.15) is 11.9 Å². The molecule has 0 spiro atoms. The number of nitrogens with one attached hydrogen (secondary N) is 1. The second-order valence-corrected chi connectivity index (χ2v) is 6.58. The molecule has 1 heterocycles. The number of nitrogens with zero attached hydrogens (tertiary/aromatic N) is 2. The number of hydrogen-bond donors (Lipinski definition) is 2. The average Bonchev–Trinajstić information content (AvgIpc) is 2.94. The molecule has 2 aromatic carbocycles. The zero-order valence-corrected chi connectivity index (χ0v) is 15.2. The van der Waals surface area contributed by atoms with Crippen LogP contribution in [0.3, 0.4) is 0 Å². The molecule has 0 unspecified atom stereocenters. The largest absolute Gasteiger partial charge is 0.410 e. The van der Waals surface area contributed by atoms with Gasteiger partial charge in [0.2, 0.25) is 0 Å². The maximum absolute atomic E-state index is 13.3. The van der Waals surface area contributed by atoms with E-state index in [0.717, 1.165) is 6.07 Å². The second-order valence-electron chi connectivity index (χ2n) is 6.14. The maximum Gasteiger partial charge on any atom is 0.410 e.